The molecule has 0 aliphatic carbocycles. The molecule has 0 fully saturated rings. The van der Waals surface area contributed by atoms with Gasteiger partial charge in [-0.05, 0) is 37.0 Å². The molecular weight excluding hydrogens is 709 g/mol. The smallest absolute Gasteiger partial charge is 0.306 e. The summed E-state index contributed by atoms with van der Waals surface area (Å²) >= 11 is 0. The molecule has 6 heteroatoms. The molecule has 0 rings (SSSR count). The highest BCUT2D eigenvalue weighted by atomic mass is 16.6. The second-order valence-corrected chi connectivity index (χ2v) is 18.9. The first kappa shape index (κ1) is 55.4. The number of esters is 3. The van der Waals surface area contributed by atoms with Crippen LogP contribution in [0, 0.1) is 17.8 Å². The second kappa shape index (κ2) is 42.5. The van der Waals surface area contributed by atoms with Crippen LogP contribution in [0.25, 0.3) is 0 Å². The predicted molar refractivity (Wildman–Crippen MR) is 243 cm³/mol. The normalized spacial score (nSPS) is 12.2. The first-order valence-electron chi connectivity index (χ1n) is 25.1. The van der Waals surface area contributed by atoms with E-state index in [9.17, 15) is 14.4 Å². The van der Waals surface area contributed by atoms with Gasteiger partial charge in [0.1, 0.15) is 13.2 Å². The van der Waals surface area contributed by atoms with Crippen LogP contribution in [-0.4, -0.2) is 37.2 Å². The van der Waals surface area contributed by atoms with Gasteiger partial charge in [0.2, 0.25) is 0 Å². The van der Waals surface area contributed by atoms with Gasteiger partial charge in [-0.15, -0.1) is 0 Å². The van der Waals surface area contributed by atoms with Crippen molar-refractivity contribution in [3.63, 3.8) is 0 Å². The Morgan fingerprint density at radius 3 is 0.754 bits per heavy atom. The lowest BCUT2D eigenvalue weighted by molar-refractivity contribution is -0.167. The first-order valence-corrected chi connectivity index (χ1v) is 25.1. The standard InChI is InChI=1S/C51H98O6/c1-45(2)37-31-25-19-14-10-8-7-9-11-16-22-28-34-40-49(52)55-43-48(44-56-50(53)41-35-29-24-18-21-27-33-39-47(5)6)57-51(54)42-36-30-23-17-13-12-15-20-26-32-38-46(3)4/h45-48H,7-44H2,1-6H3/t48-/m1/s1. The minimum Gasteiger partial charge on any atom is -0.462 e. The lowest BCUT2D eigenvalue weighted by Crippen LogP contribution is -2.30. The lowest BCUT2D eigenvalue weighted by Gasteiger charge is -2.18. The summed E-state index contributed by atoms with van der Waals surface area (Å²) in [5.41, 5.74) is 0. The van der Waals surface area contributed by atoms with E-state index in [0.717, 1.165) is 75.5 Å². The zero-order chi connectivity index (χ0) is 42.0. The zero-order valence-corrected chi connectivity index (χ0v) is 39.1. The van der Waals surface area contributed by atoms with E-state index in [1.165, 1.54) is 154 Å². The van der Waals surface area contributed by atoms with Crippen LogP contribution in [0.2, 0.25) is 0 Å². The molecule has 0 N–H and O–H groups in total. The van der Waals surface area contributed by atoms with Crippen LogP contribution in [0.1, 0.15) is 273 Å². The summed E-state index contributed by atoms with van der Waals surface area (Å²) in [6.45, 7) is 13.7. The molecule has 338 valence electrons. The minimum atomic E-state index is -0.762. The Balaban J connectivity index is 4.30. The second-order valence-electron chi connectivity index (χ2n) is 18.9. The quantitative estimate of drug-likeness (QED) is 0.0347. The molecule has 57 heavy (non-hydrogen) atoms. The van der Waals surface area contributed by atoms with Crippen LogP contribution in [-0.2, 0) is 28.6 Å². The Hall–Kier alpha value is -1.59. The van der Waals surface area contributed by atoms with Crippen molar-refractivity contribution in [1.82, 2.24) is 0 Å². The number of ether oxygens (including phenoxy) is 3. The minimum absolute atomic E-state index is 0.0654. The third-order valence-electron chi connectivity index (χ3n) is 11.4. The van der Waals surface area contributed by atoms with Gasteiger partial charge >= 0.3 is 17.9 Å². The third-order valence-corrected chi connectivity index (χ3v) is 11.4. The average Bonchev–Trinajstić information content (AvgIpc) is 3.16. The predicted octanol–water partition coefficient (Wildman–Crippen LogP) is 16.0. The van der Waals surface area contributed by atoms with E-state index in [0.29, 0.717) is 19.3 Å². The first-order chi connectivity index (χ1) is 27.6. The van der Waals surface area contributed by atoms with E-state index in [4.69, 9.17) is 14.2 Å². The van der Waals surface area contributed by atoms with E-state index >= 15 is 0 Å². The van der Waals surface area contributed by atoms with E-state index in [1.54, 1.807) is 0 Å². The molecule has 0 heterocycles. The fourth-order valence-corrected chi connectivity index (χ4v) is 7.59. The van der Waals surface area contributed by atoms with Crippen molar-refractivity contribution in [2.24, 2.45) is 17.8 Å². The van der Waals surface area contributed by atoms with Gasteiger partial charge in [-0.2, -0.15) is 0 Å². The largest absolute Gasteiger partial charge is 0.462 e. The van der Waals surface area contributed by atoms with Crippen molar-refractivity contribution in [1.29, 1.82) is 0 Å². The molecule has 0 amide bonds. The number of rotatable bonds is 44. The summed E-state index contributed by atoms with van der Waals surface area (Å²) < 4.78 is 16.8. The fraction of sp³-hybridized carbons (Fsp3) is 0.941. The molecule has 6 nitrogen and oxygen atoms in total. The zero-order valence-electron chi connectivity index (χ0n) is 39.1. The Morgan fingerprint density at radius 2 is 0.509 bits per heavy atom. The van der Waals surface area contributed by atoms with Crippen molar-refractivity contribution in [3.8, 4) is 0 Å². The van der Waals surface area contributed by atoms with Crippen molar-refractivity contribution in [2.45, 2.75) is 279 Å². The van der Waals surface area contributed by atoms with Crippen molar-refractivity contribution >= 4 is 17.9 Å². The van der Waals surface area contributed by atoms with Crippen LogP contribution < -0.4 is 0 Å². The summed E-state index contributed by atoms with van der Waals surface area (Å²) in [6, 6.07) is 0. The molecule has 0 radical (unpaired) electrons. The lowest BCUT2D eigenvalue weighted by atomic mass is 10.0. The molecular formula is C51H98O6. The van der Waals surface area contributed by atoms with Gasteiger partial charge in [0.05, 0.1) is 0 Å². The molecule has 0 spiro atoms. The summed E-state index contributed by atoms with van der Waals surface area (Å²) in [7, 11) is 0. The SMILES string of the molecule is CC(C)CCCCCCCCCCCCCCCC(=O)OC[C@H](COC(=O)CCCCCCCCCC(C)C)OC(=O)CCCCCCCCCCCCC(C)C. The van der Waals surface area contributed by atoms with Crippen LogP contribution in [0.4, 0.5) is 0 Å². The number of unbranched alkanes of at least 4 members (excludes halogenated alkanes) is 27. The molecule has 1 atom stereocenters. The Labute approximate surface area is 355 Å². The van der Waals surface area contributed by atoms with Crippen molar-refractivity contribution in [2.75, 3.05) is 13.2 Å². The van der Waals surface area contributed by atoms with Crippen LogP contribution in [0.5, 0.6) is 0 Å². The molecule has 0 aliphatic rings. The topological polar surface area (TPSA) is 78.9 Å². The molecule has 0 aromatic carbocycles. The van der Waals surface area contributed by atoms with Crippen LogP contribution in [0.3, 0.4) is 0 Å². The summed E-state index contributed by atoms with van der Waals surface area (Å²) in [5.74, 6) is 1.58. The summed E-state index contributed by atoms with van der Waals surface area (Å²) in [5, 5.41) is 0. The Bertz CT molecular complexity index is 883. The summed E-state index contributed by atoms with van der Waals surface area (Å²) in [4.78, 5) is 37.8. The van der Waals surface area contributed by atoms with Gasteiger partial charge in [-0.25, -0.2) is 0 Å². The summed E-state index contributed by atoms with van der Waals surface area (Å²) in [6.07, 6.45) is 41.0. The Morgan fingerprint density at radius 1 is 0.298 bits per heavy atom. The van der Waals surface area contributed by atoms with Gasteiger partial charge < -0.3 is 14.2 Å². The maximum Gasteiger partial charge on any atom is 0.306 e. The molecule has 0 aliphatic heterocycles. The number of carbonyl (C=O) groups excluding carboxylic acids is 3. The van der Waals surface area contributed by atoms with E-state index in [1.807, 2.05) is 0 Å². The molecule has 0 aromatic rings. The van der Waals surface area contributed by atoms with Crippen LogP contribution in [0.15, 0.2) is 0 Å². The van der Waals surface area contributed by atoms with Gasteiger partial charge in [0, 0.05) is 19.3 Å². The molecule has 0 aromatic heterocycles. The van der Waals surface area contributed by atoms with Gasteiger partial charge in [-0.1, -0.05) is 234 Å². The van der Waals surface area contributed by atoms with E-state index in [2.05, 4.69) is 41.5 Å². The number of hydrogen-bond donors (Lipinski definition) is 0. The maximum atomic E-state index is 12.8. The highest BCUT2D eigenvalue weighted by Gasteiger charge is 2.19. The van der Waals surface area contributed by atoms with E-state index in [-0.39, 0.29) is 31.1 Å². The third kappa shape index (κ3) is 45.3. The number of carbonyl (C=O) groups is 3. The highest BCUT2D eigenvalue weighted by molar-refractivity contribution is 5.71. The van der Waals surface area contributed by atoms with Crippen LogP contribution >= 0.6 is 0 Å². The van der Waals surface area contributed by atoms with E-state index < -0.39 is 6.10 Å². The molecule has 0 saturated carbocycles. The average molecular weight is 807 g/mol. The fourth-order valence-electron chi connectivity index (χ4n) is 7.59. The van der Waals surface area contributed by atoms with Gasteiger partial charge in [0.15, 0.2) is 6.10 Å². The maximum absolute atomic E-state index is 12.8. The monoisotopic (exact) mass is 807 g/mol. The Kier molecular flexibility index (Phi) is 41.3. The van der Waals surface area contributed by atoms with Crippen molar-refractivity contribution in [3.05, 3.63) is 0 Å². The van der Waals surface area contributed by atoms with Gasteiger partial charge in [-0.3, -0.25) is 14.4 Å². The van der Waals surface area contributed by atoms with Crippen molar-refractivity contribution < 1.29 is 28.6 Å². The molecule has 0 saturated heterocycles. The highest BCUT2D eigenvalue weighted by Crippen LogP contribution is 2.17. The number of hydrogen-bond acceptors (Lipinski definition) is 6. The molecule has 0 bridgehead atoms. The molecule has 0 unspecified atom stereocenters. The van der Waals surface area contributed by atoms with Gasteiger partial charge in [0.25, 0.3) is 0 Å².